The Kier molecular flexibility index (Phi) is 5.63. The number of amides is 2. The minimum absolute atomic E-state index is 0.0557. The number of phenolic OH excluding ortho intramolecular Hbond substituents is 1. The molecule has 1 aliphatic rings. The maximum Gasteiger partial charge on any atom is 0.319 e. The van der Waals surface area contributed by atoms with Crippen LogP contribution < -0.4 is 15.5 Å². The van der Waals surface area contributed by atoms with Gasteiger partial charge < -0.3 is 25.7 Å². The fourth-order valence-electron chi connectivity index (χ4n) is 3.27. The molecule has 1 aliphatic heterocycles. The van der Waals surface area contributed by atoms with Gasteiger partial charge in [0.1, 0.15) is 5.75 Å². The number of hydrogen-bond donors (Lipinski definition) is 4. The smallest absolute Gasteiger partial charge is 0.319 e. The summed E-state index contributed by atoms with van der Waals surface area (Å²) in [5.41, 5.74) is 3.51. The second-order valence-electron chi connectivity index (χ2n) is 6.59. The zero-order chi connectivity index (χ0) is 18.5. The maximum atomic E-state index is 12.2. The first-order chi connectivity index (χ1) is 12.5. The van der Waals surface area contributed by atoms with Crippen molar-refractivity contribution in [2.75, 3.05) is 29.9 Å². The number of urea groups is 1. The van der Waals surface area contributed by atoms with Gasteiger partial charge in [0.05, 0.1) is 6.10 Å². The highest BCUT2D eigenvalue weighted by atomic mass is 16.3. The molecule has 0 bridgehead atoms. The summed E-state index contributed by atoms with van der Waals surface area (Å²) in [6, 6.07) is 11.9. The van der Waals surface area contributed by atoms with E-state index in [2.05, 4.69) is 21.6 Å². The fourth-order valence-corrected chi connectivity index (χ4v) is 3.27. The van der Waals surface area contributed by atoms with Crippen molar-refractivity contribution in [1.82, 2.24) is 5.32 Å². The highest BCUT2D eigenvalue weighted by molar-refractivity contribution is 5.91. The number of carbonyl (C=O) groups excluding carboxylic acids is 1. The normalized spacial score (nSPS) is 14.9. The minimum Gasteiger partial charge on any atom is -0.508 e. The van der Waals surface area contributed by atoms with E-state index in [1.54, 1.807) is 12.1 Å². The third-order valence-electron chi connectivity index (χ3n) is 4.71. The number of benzene rings is 2. The van der Waals surface area contributed by atoms with Gasteiger partial charge in [-0.25, -0.2) is 4.79 Å². The number of nitrogens with zero attached hydrogens (tertiary/aromatic N) is 1. The molecule has 3 rings (SSSR count). The lowest BCUT2D eigenvalue weighted by atomic mass is 10.1. The number of aliphatic hydroxyl groups is 1. The summed E-state index contributed by atoms with van der Waals surface area (Å²) in [4.78, 5) is 14.5. The lowest BCUT2D eigenvalue weighted by Crippen LogP contribution is -2.32. The van der Waals surface area contributed by atoms with Crippen LogP contribution in [0.25, 0.3) is 0 Å². The van der Waals surface area contributed by atoms with Crippen LogP contribution >= 0.6 is 0 Å². The molecule has 2 aromatic rings. The first kappa shape index (κ1) is 18.1. The van der Waals surface area contributed by atoms with Gasteiger partial charge in [0, 0.05) is 31.0 Å². The number of aliphatic hydroxyl groups excluding tert-OH is 1. The second kappa shape index (κ2) is 8.10. The molecule has 1 atom stereocenters. The third kappa shape index (κ3) is 4.26. The van der Waals surface area contributed by atoms with Crippen molar-refractivity contribution in [3.8, 4) is 5.75 Å². The highest BCUT2D eigenvalue weighted by Gasteiger charge is 2.17. The molecule has 0 unspecified atom stereocenters. The molecule has 0 aromatic heterocycles. The van der Waals surface area contributed by atoms with Crippen LogP contribution in [0, 0.1) is 6.92 Å². The lowest BCUT2D eigenvalue weighted by molar-refractivity contribution is 0.175. The minimum atomic E-state index is -0.884. The van der Waals surface area contributed by atoms with Gasteiger partial charge in [0.15, 0.2) is 0 Å². The molecule has 1 saturated heterocycles. The van der Waals surface area contributed by atoms with Crippen LogP contribution in [0.2, 0.25) is 0 Å². The number of nitrogens with one attached hydrogen (secondary N) is 2. The third-order valence-corrected chi connectivity index (χ3v) is 4.71. The van der Waals surface area contributed by atoms with Crippen LogP contribution in [-0.4, -0.2) is 35.9 Å². The predicted octanol–water partition coefficient (Wildman–Crippen LogP) is 3.16. The molecule has 6 nitrogen and oxygen atoms in total. The van der Waals surface area contributed by atoms with Gasteiger partial charge in [0.25, 0.3) is 0 Å². The van der Waals surface area contributed by atoms with E-state index < -0.39 is 6.10 Å². The Hall–Kier alpha value is -2.73. The average molecular weight is 355 g/mol. The van der Waals surface area contributed by atoms with E-state index in [0.29, 0.717) is 5.56 Å². The number of anilines is 2. The molecule has 0 spiro atoms. The number of aromatic hydroxyl groups is 1. The molecule has 0 saturated carbocycles. The summed E-state index contributed by atoms with van der Waals surface area (Å²) in [6.45, 7) is 4.16. The number of rotatable bonds is 5. The van der Waals surface area contributed by atoms with Crippen LogP contribution in [0.4, 0.5) is 16.2 Å². The van der Waals surface area contributed by atoms with Crippen LogP contribution in [0.5, 0.6) is 5.75 Å². The van der Waals surface area contributed by atoms with E-state index in [9.17, 15) is 15.0 Å². The standard InChI is InChI=1S/C20H25N3O3/c1-14-17(8-5-9-18(14)23-10-2-3-11-23)22-20(26)21-13-19(25)15-6-4-7-16(24)12-15/h4-9,12,19,24-25H,2-3,10-11,13H2,1H3,(H2,21,22,26)/t19-/m0/s1. The lowest BCUT2D eigenvalue weighted by Gasteiger charge is -2.22. The summed E-state index contributed by atoms with van der Waals surface area (Å²) >= 11 is 0. The summed E-state index contributed by atoms with van der Waals surface area (Å²) in [5.74, 6) is 0.0837. The molecule has 2 aromatic carbocycles. The monoisotopic (exact) mass is 355 g/mol. The van der Waals surface area contributed by atoms with E-state index >= 15 is 0 Å². The Bertz CT molecular complexity index is 773. The molecule has 6 heteroatoms. The molecular weight excluding hydrogens is 330 g/mol. The molecule has 2 amide bonds. The summed E-state index contributed by atoms with van der Waals surface area (Å²) < 4.78 is 0. The van der Waals surface area contributed by atoms with Crippen LogP contribution in [0.3, 0.4) is 0 Å². The zero-order valence-corrected chi connectivity index (χ0v) is 14.9. The van der Waals surface area contributed by atoms with Crippen molar-refractivity contribution in [2.45, 2.75) is 25.9 Å². The summed E-state index contributed by atoms with van der Waals surface area (Å²) in [7, 11) is 0. The van der Waals surface area contributed by atoms with Crippen LogP contribution in [-0.2, 0) is 0 Å². The molecule has 0 radical (unpaired) electrons. The zero-order valence-electron chi connectivity index (χ0n) is 14.9. The van der Waals surface area contributed by atoms with E-state index in [1.807, 2.05) is 19.1 Å². The van der Waals surface area contributed by atoms with Crippen LogP contribution in [0.15, 0.2) is 42.5 Å². The van der Waals surface area contributed by atoms with Gasteiger partial charge >= 0.3 is 6.03 Å². The van der Waals surface area contributed by atoms with Crippen molar-refractivity contribution in [3.63, 3.8) is 0 Å². The van der Waals surface area contributed by atoms with Gasteiger partial charge in [-0.05, 0) is 55.2 Å². The number of hydrogen-bond acceptors (Lipinski definition) is 4. The van der Waals surface area contributed by atoms with Crippen molar-refractivity contribution >= 4 is 17.4 Å². The van der Waals surface area contributed by atoms with E-state index in [1.165, 1.54) is 25.0 Å². The fraction of sp³-hybridized carbons (Fsp3) is 0.350. The average Bonchev–Trinajstić information content (AvgIpc) is 3.16. The van der Waals surface area contributed by atoms with Crippen molar-refractivity contribution in [2.24, 2.45) is 0 Å². The van der Waals surface area contributed by atoms with Gasteiger partial charge in [0.2, 0.25) is 0 Å². The van der Waals surface area contributed by atoms with Gasteiger partial charge in [-0.2, -0.15) is 0 Å². The molecular formula is C20H25N3O3. The highest BCUT2D eigenvalue weighted by Crippen LogP contribution is 2.29. The van der Waals surface area contributed by atoms with Crippen LogP contribution in [0.1, 0.15) is 30.1 Å². The largest absolute Gasteiger partial charge is 0.508 e. The topological polar surface area (TPSA) is 84.8 Å². The van der Waals surface area contributed by atoms with Gasteiger partial charge in [-0.15, -0.1) is 0 Å². The summed E-state index contributed by atoms with van der Waals surface area (Å²) in [5, 5.41) is 25.1. The Labute approximate surface area is 153 Å². The van der Waals surface area contributed by atoms with Crippen molar-refractivity contribution in [1.29, 1.82) is 0 Å². The number of carbonyl (C=O) groups is 1. The Morgan fingerprint density at radius 3 is 2.65 bits per heavy atom. The first-order valence-corrected chi connectivity index (χ1v) is 8.91. The predicted molar refractivity (Wildman–Crippen MR) is 103 cm³/mol. The maximum absolute atomic E-state index is 12.2. The summed E-state index contributed by atoms with van der Waals surface area (Å²) in [6.07, 6.45) is 1.51. The van der Waals surface area contributed by atoms with E-state index in [0.717, 1.165) is 30.0 Å². The van der Waals surface area contributed by atoms with Crippen molar-refractivity contribution in [3.05, 3.63) is 53.6 Å². The number of phenols is 1. The quantitative estimate of drug-likeness (QED) is 0.664. The Morgan fingerprint density at radius 2 is 1.92 bits per heavy atom. The Morgan fingerprint density at radius 1 is 1.19 bits per heavy atom. The molecule has 4 N–H and O–H groups in total. The van der Waals surface area contributed by atoms with Gasteiger partial charge in [-0.3, -0.25) is 0 Å². The van der Waals surface area contributed by atoms with Gasteiger partial charge in [-0.1, -0.05) is 18.2 Å². The van der Waals surface area contributed by atoms with E-state index in [4.69, 9.17) is 0 Å². The molecule has 138 valence electrons. The molecule has 1 fully saturated rings. The van der Waals surface area contributed by atoms with E-state index in [-0.39, 0.29) is 18.3 Å². The first-order valence-electron chi connectivity index (χ1n) is 8.91. The molecule has 26 heavy (non-hydrogen) atoms. The Balaban J connectivity index is 1.59. The SMILES string of the molecule is Cc1c(NC(=O)NC[C@H](O)c2cccc(O)c2)cccc1N1CCCC1. The molecule has 1 heterocycles. The molecule has 0 aliphatic carbocycles. The second-order valence-corrected chi connectivity index (χ2v) is 6.59. The van der Waals surface area contributed by atoms with Crippen molar-refractivity contribution < 1.29 is 15.0 Å².